The first-order chi connectivity index (χ1) is 7.93. The van der Waals surface area contributed by atoms with Gasteiger partial charge in [0.15, 0.2) is 0 Å². The van der Waals surface area contributed by atoms with E-state index in [1.54, 1.807) is 0 Å². The van der Waals surface area contributed by atoms with Crippen LogP contribution in [0.3, 0.4) is 0 Å². The summed E-state index contributed by atoms with van der Waals surface area (Å²) in [5.74, 6) is 2.89. The Labute approximate surface area is 107 Å². The molecule has 0 amide bonds. The highest BCUT2D eigenvalue weighted by atomic mass is 14.7. The number of nitrogens with two attached hydrogens (primary N) is 1. The van der Waals surface area contributed by atoms with Gasteiger partial charge in [-0.15, -0.1) is 0 Å². The van der Waals surface area contributed by atoms with Crippen molar-refractivity contribution in [3.63, 3.8) is 0 Å². The molecule has 1 nitrogen and oxygen atoms in total. The molecule has 4 aliphatic carbocycles. The van der Waals surface area contributed by atoms with Gasteiger partial charge in [0.2, 0.25) is 0 Å². The normalized spacial score (nSPS) is 49.9. The molecule has 0 aromatic carbocycles. The third-order valence-corrected chi connectivity index (χ3v) is 6.03. The second-order valence-corrected chi connectivity index (χ2v) is 8.21. The highest BCUT2D eigenvalue weighted by Gasteiger charge is 2.58. The molecule has 4 fully saturated rings. The van der Waals surface area contributed by atoms with Crippen molar-refractivity contribution in [1.82, 2.24) is 0 Å². The molecule has 0 saturated heterocycles. The third-order valence-electron chi connectivity index (χ3n) is 6.03. The lowest BCUT2D eigenvalue weighted by Crippen LogP contribution is -2.57. The first-order valence-corrected chi connectivity index (χ1v) is 7.69. The Morgan fingerprint density at radius 1 is 1.06 bits per heavy atom. The van der Waals surface area contributed by atoms with Crippen LogP contribution in [0.25, 0.3) is 0 Å². The van der Waals surface area contributed by atoms with Gasteiger partial charge in [0, 0.05) is 6.04 Å². The number of hydrogen-bond acceptors (Lipinski definition) is 1. The zero-order chi connectivity index (χ0) is 12.3. The molecule has 98 valence electrons. The molecule has 2 N–H and O–H groups in total. The minimum atomic E-state index is 0.417. The van der Waals surface area contributed by atoms with E-state index in [9.17, 15) is 0 Å². The highest BCUT2D eigenvalue weighted by molar-refractivity contribution is 5.09. The minimum Gasteiger partial charge on any atom is -0.327 e. The molecule has 0 radical (unpaired) electrons. The molecule has 4 bridgehead atoms. The second-order valence-electron chi connectivity index (χ2n) is 8.21. The van der Waals surface area contributed by atoms with Gasteiger partial charge in [-0.2, -0.15) is 0 Å². The van der Waals surface area contributed by atoms with Crippen molar-refractivity contribution in [3.8, 4) is 0 Å². The molecule has 0 aliphatic heterocycles. The second kappa shape index (κ2) is 3.73. The Balaban J connectivity index is 1.89. The predicted octanol–water partition coefficient (Wildman–Crippen LogP) is 3.97. The quantitative estimate of drug-likeness (QED) is 0.787. The number of hydrogen-bond donors (Lipinski definition) is 1. The first kappa shape index (κ1) is 12.0. The fourth-order valence-electron chi connectivity index (χ4n) is 6.16. The summed E-state index contributed by atoms with van der Waals surface area (Å²) in [4.78, 5) is 0. The maximum atomic E-state index is 6.38. The molecule has 0 aromatic rings. The largest absolute Gasteiger partial charge is 0.327 e. The van der Waals surface area contributed by atoms with E-state index in [0.717, 1.165) is 17.8 Å². The van der Waals surface area contributed by atoms with E-state index < -0.39 is 0 Å². The summed E-state index contributed by atoms with van der Waals surface area (Å²) < 4.78 is 0. The van der Waals surface area contributed by atoms with E-state index in [0.29, 0.717) is 16.9 Å². The summed E-state index contributed by atoms with van der Waals surface area (Å²) in [6, 6.07) is 0.417. The zero-order valence-electron chi connectivity index (χ0n) is 11.8. The fourth-order valence-corrected chi connectivity index (χ4v) is 6.16. The highest BCUT2D eigenvalue weighted by Crippen LogP contribution is 2.67. The Hall–Kier alpha value is -0.0400. The van der Waals surface area contributed by atoms with Gasteiger partial charge in [-0.05, 0) is 80.5 Å². The van der Waals surface area contributed by atoms with Gasteiger partial charge in [-0.25, -0.2) is 0 Å². The van der Waals surface area contributed by atoms with Crippen LogP contribution in [-0.2, 0) is 0 Å². The smallest absolute Gasteiger partial charge is 0.00674 e. The van der Waals surface area contributed by atoms with E-state index in [2.05, 4.69) is 20.8 Å². The molecule has 3 unspecified atom stereocenters. The van der Waals surface area contributed by atoms with Crippen molar-refractivity contribution in [2.75, 3.05) is 0 Å². The lowest BCUT2D eigenvalue weighted by Gasteiger charge is -2.64. The summed E-state index contributed by atoms with van der Waals surface area (Å²) >= 11 is 0. The van der Waals surface area contributed by atoms with Crippen molar-refractivity contribution in [1.29, 1.82) is 0 Å². The summed E-state index contributed by atoms with van der Waals surface area (Å²) in [7, 11) is 0. The fraction of sp³-hybridized carbons (Fsp3) is 1.00. The van der Waals surface area contributed by atoms with Crippen LogP contribution in [0.4, 0.5) is 0 Å². The van der Waals surface area contributed by atoms with Gasteiger partial charge in [0.05, 0.1) is 0 Å². The average molecular weight is 235 g/mol. The Morgan fingerprint density at radius 2 is 1.65 bits per heavy atom. The molecule has 4 aliphatic rings. The van der Waals surface area contributed by atoms with E-state index >= 15 is 0 Å². The zero-order valence-corrected chi connectivity index (χ0v) is 11.8. The maximum absolute atomic E-state index is 6.38. The molecule has 4 rings (SSSR count). The van der Waals surface area contributed by atoms with Crippen molar-refractivity contribution in [2.45, 2.75) is 71.8 Å². The summed E-state index contributed by atoms with van der Waals surface area (Å²) in [6.45, 7) is 7.07. The molecule has 1 heteroatoms. The van der Waals surface area contributed by atoms with E-state index in [1.807, 2.05) is 0 Å². The molecule has 0 spiro atoms. The van der Waals surface area contributed by atoms with Crippen LogP contribution in [0, 0.1) is 28.6 Å². The van der Waals surface area contributed by atoms with E-state index in [-0.39, 0.29) is 0 Å². The Morgan fingerprint density at radius 3 is 2.12 bits per heavy atom. The monoisotopic (exact) mass is 235 g/mol. The third kappa shape index (κ3) is 1.85. The maximum Gasteiger partial charge on any atom is 0.00674 e. The van der Waals surface area contributed by atoms with Crippen LogP contribution < -0.4 is 5.73 Å². The van der Waals surface area contributed by atoms with Gasteiger partial charge >= 0.3 is 0 Å². The van der Waals surface area contributed by atoms with Crippen LogP contribution in [0.15, 0.2) is 0 Å². The SMILES string of the molecule is CC(C)CC12CC3CC(C1)CC(C(C)N)(C3)C2. The molecule has 17 heavy (non-hydrogen) atoms. The van der Waals surface area contributed by atoms with Gasteiger partial charge in [0.1, 0.15) is 0 Å². The van der Waals surface area contributed by atoms with Crippen molar-refractivity contribution in [2.24, 2.45) is 34.3 Å². The minimum absolute atomic E-state index is 0.417. The lowest BCUT2D eigenvalue weighted by molar-refractivity contribution is -0.126. The Kier molecular flexibility index (Phi) is 2.63. The van der Waals surface area contributed by atoms with Crippen molar-refractivity contribution in [3.05, 3.63) is 0 Å². The van der Waals surface area contributed by atoms with Crippen molar-refractivity contribution < 1.29 is 0 Å². The number of rotatable bonds is 3. The first-order valence-electron chi connectivity index (χ1n) is 7.69. The average Bonchev–Trinajstić information content (AvgIpc) is 2.12. The Bertz CT molecular complexity index is 285. The van der Waals surface area contributed by atoms with Crippen molar-refractivity contribution >= 4 is 0 Å². The van der Waals surface area contributed by atoms with Crippen LogP contribution in [0.1, 0.15) is 65.7 Å². The molecule has 0 heterocycles. The topological polar surface area (TPSA) is 26.0 Å². The van der Waals surface area contributed by atoms with E-state index in [4.69, 9.17) is 5.73 Å². The summed E-state index contributed by atoms with van der Waals surface area (Å²) in [6.07, 6.45) is 10.4. The van der Waals surface area contributed by atoms with Gasteiger partial charge < -0.3 is 5.73 Å². The van der Waals surface area contributed by atoms with Gasteiger partial charge in [0.25, 0.3) is 0 Å². The standard InChI is InChI=1S/C16H29N/c1-11(2)5-15-6-13-4-14(7-15)9-16(8-13,10-15)12(3)17/h11-14H,4-10,17H2,1-3H3. The summed E-state index contributed by atoms with van der Waals surface area (Å²) in [5, 5.41) is 0. The van der Waals surface area contributed by atoms with E-state index in [1.165, 1.54) is 44.9 Å². The van der Waals surface area contributed by atoms with Crippen LogP contribution in [-0.4, -0.2) is 6.04 Å². The lowest BCUT2D eigenvalue weighted by atomic mass is 9.42. The molecular formula is C16H29N. The predicted molar refractivity (Wildman–Crippen MR) is 72.7 cm³/mol. The molecule has 4 saturated carbocycles. The van der Waals surface area contributed by atoms with Gasteiger partial charge in [-0.3, -0.25) is 0 Å². The molecule has 3 atom stereocenters. The van der Waals surface area contributed by atoms with Crippen LogP contribution >= 0.6 is 0 Å². The van der Waals surface area contributed by atoms with Crippen LogP contribution in [0.2, 0.25) is 0 Å². The van der Waals surface area contributed by atoms with Crippen LogP contribution in [0.5, 0.6) is 0 Å². The summed E-state index contributed by atoms with van der Waals surface area (Å²) in [5.41, 5.74) is 7.59. The molecular weight excluding hydrogens is 206 g/mol. The van der Waals surface area contributed by atoms with Gasteiger partial charge in [-0.1, -0.05) is 13.8 Å². The molecule has 0 aromatic heterocycles.